The fourth-order valence-corrected chi connectivity index (χ4v) is 4.62. The Morgan fingerprint density at radius 1 is 1.10 bits per heavy atom. The number of aromatic carboxylic acids is 1. The van der Waals surface area contributed by atoms with Gasteiger partial charge in [-0.1, -0.05) is 12.1 Å². The van der Waals surface area contributed by atoms with Crippen molar-refractivity contribution < 1.29 is 33.5 Å². The van der Waals surface area contributed by atoms with Gasteiger partial charge in [0, 0.05) is 17.3 Å². The SMILES string of the molecule is C=[N+](C)C(=CC=C(C)NC(=O)c1ccc2c(c1)OCCO2)N1CCC(COCc2cccc(C(=O)O)c2)CC1. The Balaban J connectivity index is 1.27. The minimum absolute atomic E-state index is 0.214. The standard InChI is InChI=1S/C30H35N3O6/c1-21(31-29(34)24-8-9-26-27(18-24)39-16-15-38-26)7-10-28(32(2)3)33-13-11-22(12-14-33)19-37-20-23-5-4-6-25(17-23)30(35)36/h4-10,17-18,22H,2,11-16,19-20H2,1,3H3,(H-,31,34,35,36)/p+1. The molecule has 9 heteroatoms. The molecule has 0 spiro atoms. The Morgan fingerprint density at radius 3 is 2.56 bits per heavy atom. The number of ether oxygens (including phenoxy) is 3. The molecule has 0 aliphatic carbocycles. The van der Waals surface area contributed by atoms with E-state index < -0.39 is 5.97 Å². The molecule has 4 rings (SSSR count). The topological polar surface area (TPSA) is 100 Å². The second-order valence-electron chi connectivity index (χ2n) is 9.84. The molecule has 0 aromatic heterocycles. The molecule has 2 aromatic carbocycles. The second kappa shape index (κ2) is 13.1. The van der Waals surface area contributed by atoms with Crippen molar-refractivity contribution >= 4 is 18.6 Å². The lowest BCUT2D eigenvalue weighted by molar-refractivity contribution is -0.455. The summed E-state index contributed by atoms with van der Waals surface area (Å²) in [5.41, 5.74) is 2.35. The van der Waals surface area contributed by atoms with Gasteiger partial charge in [0.05, 0.1) is 45.6 Å². The predicted octanol–water partition coefficient (Wildman–Crippen LogP) is 3.90. The first kappa shape index (κ1) is 27.9. The molecule has 2 heterocycles. The first-order valence-electron chi connectivity index (χ1n) is 13.1. The van der Waals surface area contributed by atoms with E-state index in [1.54, 1.807) is 36.4 Å². The third kappa shape index (κ3) is 7.70. The molecule has 1 amide bonds. The van der Waals surface area contributed by atoms with E-state index in [0.717, 1.165) is 37.3 Å². The Hall–Kier alpha value is -4.11. The number of carbonyl (C=O) groups is 2. The number of hydrogen-bond acceptors (Lipinski definition) is 6. The number of allylic oxidation sites excluding steroid dienone is 3. The van der Waals surface area contributed by atoms with Gasteiger partial charge < -0.3 is 24.6 Å². The number of fused-ring (bicyclic) bond motifs is 1. The molecule has 2 aromatic rings. The number of piperidine rings is 1. The van der Waals surface area contributed by atoms with E-state index >= 15 is 0 Å². The highest BCUT2D eigenvalue weighted by molar-refractivity contribution is 5.96. The third-order valence-corrected chi connectivity index (χ3v) is 6.72. The molecule has 0 unspecified atom stereocenters. The van der Waals surface area contributed by atoms with Crippen molar-refractivity contribution in [3.63, 3.8) is 0 Å². The molecule has 0 bridgehead atoms. The molecule has 0 saturated carbocycles. The van der Waals surface area contributed by atoms with Gasteiger partial charge >= 0.3 is 5.97 Å². The van der Waals surface area contributed by atoms with Crippen molar-refractivity contribution in [2.45, 2.75) is 26.4 Å². The second-order valence-corrected chi connectivity index (χ2v) is 9.84. The summed E-state index contributed by atoms with van der Waals surface area (Å²) in [6, 6.07) is 12.0. The molecule has 1 fully saturated rings. The summed E-state index contributed by atoms with van der Waals surface area (Å²) in [6.45, 7) is 9.67. The quantitative estimate of drug-likeness (QED) is 0.271. The van der Waals surface area contributed by atoms with Gasteiger partial charge in [0.2, 0.25) is 0 Å². The van der Waals surface area contributed by atoms with Crippen LogP contribution in [0.2, 0.25) is 0 Å². The fraction of sp³-hybridized carbons (Fsp3) is 0.367. The van der Waals surface area contributed by atoms with Crippen LogP contribution >= 0.6 is 0 Å². The first-order valence-corrected chi connectivity index (χ1v) is 13.1. The normalized spacial score (nSPS) is 16.1. The predicted molar refractivity (Wildman–Crippen MR) is 147 cm³/mol. The van der Waals surface area contributed by atoms with Crippen LogP contribution in [0.5, 0.6) is 11.5 Å². The van der Waals surface area contributed by atoms with E-state index in [4.69, 9.17) is 19.3 Å². The number of carboxylic acid groups (broad SMARTS) is 1. The summed E-state index contributed by atoms with van der Waals surface area (Å²) in [7, 11) is 1.91. The van der Waals surface area contributed by atoms with Crippen LogP contribution in [-0.2, 0) is 11.3 Å². The molecule has 2 N–H and O–H groups in total. The molecule has 2 aliphatic heterocycles. The summed E-state index contributed by atoms with van der Waals surface area (Å²) in [4.78, 5) is 26.2. The lowest BCUT2D eigenvalue weighted by Gasteiger charge is -2.29. The minimum atomic E-state index is -0.934. The van der Waals surface area contributed by atoms with E-state index in [0.29, 0.717) is 55.1 Å². The van der Waals surface area contributed by atoms with Crippen LogP contribution in [0, 0.1) is 5.92 Å². The summed E-state index contributed by atoms with van der Waals surface area (Å²) >= 11 is 0. The fourth-order valence-electron chi connectivity index (χ4n) is 4.62. The van der Waals surface area contributed by atoms with Crippen LogP contribution in [0.15, 0.2) is 66.1 Å². The van der Waals surface area contributed by atoms with Crippen molar-refractivity contribution in [3.05, 3.63) is 82.8 Å². The summed E-state index contributed by atoms with van der Waals surface area (Å²) < 4.78 is 18.8. The Labute approximate surface area is 229 Å². The number of likely N-dealkylation sites (tertiary alicyclic amines) is 1. The monoisotopic (exact) mass is 534 g/mol. The molecule has 2 aliphatic rings. The van der Waals surface area contributed by atoms with E-state index in [1.165, 1.54) is 0 Å². The molecule has 9 nitrogen and oxygen atoms in total. The summed E-state index contributed by atoms with van der Waals surface area (Å²) in [5.74, 6) is 1.48. The Morgan fingerprint density at radius 2 is 1.85 bits per heavy atom. The lowest BCUT2D eigenvalue weighted by atomic mass is 9.98. The Kier molecular flexibility index (Phi) is 9.38. The molecule has 206 valence electrons. The number of carboxylic acids is 1. The molecule has 0 atom stereocenters. The van der Waals surface area contributed by atoms with Crippen LogP contribution in [0.25, 0.3) is 0 Å². The number of hydrogen-bond donors (Lipinski definition) is 2. The minimum Gasteiger partial charge on any atom is -0.486 e. The smallest absolute Gasteiger partial charge is 0.335 e. The maximum absolute atomic E-state index is 12.7. The van der Waals surface area contributed by atoms with E-state index in [-0.39, 0.29) is 11.5 Å². The van der Waals surface area contributed by atoms with Crippen LogP contribution in [-0.4, -0.2) is 73.1 Å². The van der Waals surface area contributed by atoms with Gasteiger partial charge in [-0.3, -0.25) is 9.69 Å². The number of carbonyl (C=O) groups excluding carboxylic acids is 1. The average Bonchev–Trinajstić information content (AvgIpc) is 2.93. The number of amides is 1. The van der Waals surface area contributed by atoms with Gasteiger partial charge in [-0.25, -0.2) is 9.37 Å². The largest absolute Gasteiger partial charge is 0.486 e. The van der Waals surface area contributed by atoms with Crippen LogP contribution in [0.3, 0.4) is 0 Å². The van der Waals surface area contributed by atoms with Gasteiger partial charge in [0.1, 0.15) is 13.2 Å². The van der Waals surface area contributed by atoms with Gasteiger partial charge in [0.15, 0.2) is 11.5 Å². The molecular weight excluding hydrogens is 498 g/mol. The maximum Gasteiger partial charge on any atom is 0.335 e. The van der Waals surface area contributed by atoms with Gasteiger partial charge in [0.25, 0.3) is 11.7 Å². The molecule has 0 radical (unpaired) electrons. The zero-order chi connectivity index (χ0) is 27.8. The van der Waals surface area contributed by atoms with Crippen molar-refractivity contribution in [1.82, 2.24) is 10.2 Å². The van der Waals surface area contributed by atoms with Crippen molar-refractivity contribution in [2.24, 2.45) is 5.92 Å². The Bertz CT molecular complexity index is 1280. The van der Waals surface area contributed by atoms with Crippen molar-refractivity contribution in [2.75, 3.05) is 40.0 Å². The van der Waals surface area contributed by atoms with Crippen LogP contribution in [0.4, 0.5) is 0 Å². The molecule has 39 heavy (non-hydrogen) atoms. The van der Waals surface area contributed by atoms with Gasteiger partial charge in [-0.05, 0) is 67.7 Å². The van der Waals surface area contributed by atoms with Crippen LogP contribution in [0.1, 0.15) is 46.0 Å². The van der Waals surface area contributed by atoms with Gasteiger partial charge in [-0.15, -0.1) is 0 Å². The third-order valence-electron chi connectivity index (χ3n) is 6.72. The molecular formula is C30H36N3O6+. The summed E-state index contributed by atoms with van der Waals surface area (Å²) in [6.07, 6.45) is 5.81. The van der Waals surface area contributed by atoms with Crippen molar-refractivity contribution in [3.8, 4) is 11.5 Å². The number of nitrogens with one attached hydrogen (secondary N) is 1. The number of benzene rings is 2. The van der Waals surface area contributed by atoms with Gasteiger partial charge in [-0.2, -0.15) is 0 Å². The van der Waals surface area contributed by atoms with Crippen molar-refractivity contribution in [1.29, 1.82) is 0 Å². The zero-order valence-corrected chi connectivity index (χ0v) is 22.5. The molecule has 1 saturated heterocycles. The highest BCUT2D eigenvalue weighted by atomic mass is 16.6. The highest BCUT2D eigenvalue weighted by Crippen LogP contribution is 2.30. The van der Waals surface area contributed by atoms with Crippen LogP contribution < -0.4 is 14.8 Å². The highest BCUT2D eigenvalue weighted by Gasteiger charge is 2.27. The summed E-state index contributed by atoms with van der Waals surface area (Å²) in [5, 5.41) is 12.1. The van der Waals surface area contributed by atoms with E-state index in [2.05, 4.69) is 16.9 Å². The lowest BCUT2D eigenvalue weighted by Crippen LogP contribution is -2.37. The average molecular weight is 535 g/mol. The first-order chi connectivity index (χ1) is 18.8. The maximum atomic E-state index is 12.7. The van der Waals surface area contributed by atoms with E-state index in [1.807, 2.05) is 36.8 Å². The number of nitrogens with zero attached hydrogens (tertiary/aromatic N) is 2. The van der Waals surface area contributed by atoms with E-state index in [9.17, 15) is 9.59 Å². The zero-order valence-electron chi connectivity index (χ0n) is 22.5. The number of rotatable bonds is 10.